The van der Waals surface area contributed by atoms with Gasteiger partial charge in [-0.15, -0.1) is 0 Å². The summed E-state index contributed by atoms with van der Waals surface area (Å²) in [6, 6.07) is 14.3. The minimum Gasteiger partial charge on any atom is -0.336 e. The van der Waals surface area contributed by atoms with Crippen LogP contribution in [-0.4, -0.2) is 51.3 Å². The highest BCUT2D eigenvalue weighted by molar-refractivity contribution is 6.30. The maximum absolute atomic E-state index is 12.5. The smallest absolute Gasteiger partial charge is 0.258 e. The highest BCUT2D eigenvalue weighted by Gasteiger charge is 2.22. The molecule has 1 aromatic carbocycles. The van der Waals surface area contributed by atoms with E-state index in [4.69, 9.17) is 11.6 Å². The Labute approximate surface area is 161 Å². The number of hydrogen-bond donors (Lipinski definition) is 0. The lowest BCUT2D eigenvalue weighted by atomic mass is 10.2. The molecule has 0 saturated carbocycles. The third-order valence-electron chi connectivity index (χ3n) is 4.74. The number of aromatic nitrogens is 2. The Kier molecular flexibility index (Phi) is 4.92. The molecule has 3 heterocycles. The number of halogens is 1. The minimum absolute atomic E-state index is 0.0641. The quantitative estimate of drug-likeness (QED) is 0.697. The lowest BCUT2D eigenvalue weighted by Crippen LogP contribution is -2.48. The zero-order valence-electron chi connectivity index (χ0n) is 14.7. The average molecular weight is 383 g/mol. The second kappa shape index (κ2) is 7.50. The fourth-order valence-electron chi connectivity index (χ4n) is 3.31. The number of carbonyl (C=O) groups excluding carboxylic acids is 1. The average Bonchev–Trinajstić information content (AvgIpc) is 2.69. The number of hydrogen-bond acceptors (Lipinski definition) is 4. The summed E-state index contributed by atoms with van der Waals surface area (Å²) in [7, 11) is 0. The van der Waals surface area contributed by atoms with Gasteiger partial charge in [-0.3, -0.25) is 18.9 Å². The normalized spacial score (nSPS) is 15.2. The molecule has 6 nitrogen and oxygen atoms in total. The van der Waals surface area contributed by atoms with E-state index in [9.17, 15) is 9.59 Å². The number of benzene rings is 1. The van der Waals surface area contributed by atoms with Crippen LogP contribution in [0.2, 0.25) is 5.02 Å². The first-order valence-electron chi connectivity index (χ1n) is 8.85. The van der Waals surface area contributed by atoms with Crippen molar-refractivity contribution in [3.05, 3.63) is 81.4 Å². The third-order valence-corrected chi connectivity index (χ3v) is 4.97. The van der Waals surface area contributed by atoms with E-state index < -0.39 is 0 Å². The Morgan fingerprint density at radius 2 is 1.78 bits per heavy atom. The molecule has 1 saturated heterocycles. The molecule has 0 atom stereocenters. The molecule has 1 amide bonds. The molecule has 0 unspecified atom stereocenters. The number of amides is 1. The van der Waals surface area contributed by atoms with E-state index in [1.165, 1.54) is 4.40 Å². The van der Waals surface area contributed by atoms with Crippen LogP contribution in [0.4, 0.5) is 0 Å². The molecule has 27 heavy (non-hydrogen) atoms. The highest BCUT2D eigenvalue weighted by atomic mass is 35.5. The summed E-state index contributed by atoms with van der Waals surface area (Å²) >= 11 is 5.94. The highest BCUT2D eigenvalue weighted by Crippen LogP contribution is 2.12. The van der Waals surface area contributed by atoms with Crippen molar-refractivity contribution in [3.63, 3.8) is 0 Å². The first-order valence-corrected chi connectivity index (χ1v) is 9.22. The van der Waals surface area contributed by atoms with Crippen LogP contribution in [0.1, 0.15) is 16.1 Å². The second-order valence-corrected chi connectivity index (χ2v) is 7.03. The van der Waals surface area contributed by atoms with Gasteiger partial charge in [-0.25, -0.2) is 4.98 Å². The lowest BCUT2D eigenvalue weighted by molar-refractivity contribution is 0.0627. The Hall–Kier alpha value is -2.70. The van der Waals surface area contributed by atoms with Gasteiger partial charge in [0.25, 0.3) is 11.5 Å². The number of fused-ring (bicyclic) bond motifs is 1. The van der Waals surface area contributed by atoms with E-state index in [1.807, 2.05) is 35.2 Å². The molecule has 4 rings (SSSR count). The van der Waals surface area contributed by atoms with Crippen LogP contribution in [-0.2, 0) is 6.54 Å². The van der Waals surface area contributed by atoms with Crippen LogP contribution < -0.4 is 5.56 Å². The molecule has 3 aromatic rings. The maximum Gasteiger partial charge on any atom is 0.258 e. The van der Waals surface area contributed by atoms with Gasteiger partial charge in [0.1, 0.15) is 5.65 Å². The predicted octanol–water partition coefficient (Wildman–Crippen LogP) is 2.31. The number of nitrogens with zero attached hydrogens (tertiary/aromatic N) is 4. The molecule has 2 aromatic heterocycles. The Morgan fingerprint density at radius 3 is 2.52 bits per heavy atom. The molecule has 0 bridgehead atoms. The van der Waals surface area contributed by atoms with Gasteiger partial charge in [-0.2, -0.15) is 0 Å². The van der Waals surface area contributed by atoms with Gasteiger partial charge in [0.05, 0.1) is 10.7 Å². The lowest BCUT2D eigenvalue weighted by Gasteiger charge is -2.34. The first-order chi connectivity index (χ1) is 13.1. The van der Waals surface area contributed by atoms with Crippen molar-refractivity contribution in [2.45, 2.75) is 6.54 Å². The number of rotatable bonds is 3. The van der Waals surface area contributed by atoms with Crippen molar-refractivity contribution in [3.8, 4) is 0 Å². The predicted molar refractivity (Wildman–Crippen MR) is 104 cm³/mol. The third kappa shape index (κ3) is 3.86. The van der Waals surface area contributed by atoms with Gasteiger partial charge in [-0.05, 0) is 24.3 Å². The summed E-state index contributed by atoms with van der Waals surface area (Å²) in [5.41, 5.74) is 1.88. The van der Waals surface area contributed by atoms with Crippen molar-refractivity contribution in [2.75, 3.05) is 26.2 Å². The zero-order chi connectivity index (χ0) is 18.8. The standard InChI is InChI=1S/C20H19ClN4O2/c21-16-6-7-18-22-17(12-19(26)25(18)13-16)14-23-8-10-24(11-9-23)20(27)15-4-2-1-3-5-15/h1-7,12-13H,8-11,14H2. The molecular weight excluding hydrogens is 364 g/mol. The number of piperazine rings is 1. The molecule has 138 valence electrons. The fourth-order valence-corrected chi connectivity index (χ4v) is 3.47. The van der Waals surface area contributed by atoms with Crippen molar-refractivity contribution in [1.29, 1.82) is 0 Å². The SMILES string of the molecule is O=C(c1ccccc1)N1CCN(Cc2cc(=O)n3cc(Cl)ccc3n2)CC1. The summed E-state index contributed by atoms with van der Waals surface area (Å²) in [6.07, 6.45) is 1.57. The van der Waals surface area contributed by atoms with Crippen molar-refractivity contribution >= 4 is 23.2 Å². The van der Waals surface area contributed by atoms with Gasteiger partial charge in [0, 0.05) is 50.6 Å². The summed E-state index contributed by atoms with van der Waals surface area (Å²) in [6.45, 7) is 3.41. The monoisotopic (exact) mass is 382 g/mol. The largest absolute Gasteiger partial charge is 0.336 e. The molecule has 0 N–H and O–H groups in total. The topological polar surface area (TPSA) is 57.9 Å². The van der Waals surface area contributed by atoms with Crippen molar-refractivity contribution < 1.29 is 4.79 Å². The fraction of sp³-hybridized carbons (Fsp3) is 0.250. The number of carbonyl (C=O) groups is 1. The van der Waals surface area contributed by atoms with Gasteiger partial charge in [-0.1, -0.05) is 29.8 Å². The van der Waals surface area contributed by atoms with Crippen LogP contribution >= 0.6 is 11.6 Å². The van der Waals surface area contributed by atoms with E-state index in [1.54, 1.807) is 24.4 Å². The van der Waals surface area contributed by atoms with Crippen LogP contribution in [0.15, 0.2) is 59.5 Å². The summed E-state index contributed by atoms with van der Waals surface area (Å²) < 4.78 is 1.45. The zero-order valence-corrected chi connectivity index (χ0v) is 15.5. The van der Waals surface area contributed by atoms with Crippen LogP contribution in [0, 0.1) is 0 Å². The van der Waals surface area contributed by atoms with Crippen molar-refractivity contribution in [2.24, 2.45) is 0 Å². The first kappa shape index (κ1) is 17.7. The molecular formula is C20H19ClN4O2. The molecule has 0 aliphatic carbocycles. The summed E-state index contributed by atoms with van der Waals surface area (Å²) in [5.74, 6) is 0.0641. The summed E-state index contributed by atoms with van der Waals surface area (Å²) in [5, 5.41) is 0.498. The molecule has 7 heteroatoms. The van der Waals surface area contributed by atoms with Crippen LogP contribution in [0.5, 0.6) is 0 Å². The Balaban J connectivity index is 1.42. The Morgan fingerprint density at radius 1 is 1.04 bits per heavy atom. The van der Waals surface area contributed by atoms with Gasteiger partial charge in [0.2, 0.25) is 0 Å². The van der Waals surface area contributed by atoms with E-state index in [-0.39, 0.29) is 11.5 Å². The van der Waals surface area contributed by atoms with E-state index in [0.717, 1.165) is 18.8 Å². The molecule has 0 radical (unpaired) electrons. The van der Waals surface area contributed by atoms with Gasteiger partial charge in [0.15, 0.2) is 0 Å². The van der Waals surface area contributed by atoms with Crippen molar-refractivity contribution in [1.82, 2.24) is 19.2 Å². The van der Waals surface area contributed by atoms with Crippen LogP contribution in [0.25, 0.3) is 5.65 Å². The van der Waals surface area contributed by atoms with E-state index >= 15 is 0 Å². The maximum atomic E-state index is 12.5. The summed E-state index contributed by atoms with van der Waals surface area (Å²) in [4.78, 5) is 33.4. The second-order valence-electron chi connectivity index (χ2n) is 6.60. The van der Waals surface area contributed by atoms with Gasteiger partial charge >= 0.3 is 0 Å². The minimum atomic E-state index is -0.143. The molecule has 1 fully saturated rings. The van der Waals surface area contributed by atoms with Crippen LogP contribution in [0.3, 0.4) is 0 Å². The van der Waals surface area contributed by atoms with E-state index in [0.29, 0.717) is 35.9 Å². The Bertz CT molecular complexity index is 1030. The number of pyridine rings is 1. The molecule has 1 aliphatic heterocycles. The van der Waals surface area contributed by atoms with Gasteiger partial charge < -0.3 is 4.90 Å². The molecule has 0 spiro atoms. The van der Waals surface area contributed by atoms with E-state index in [2.05, 4.69) is 9.88 Å². The molecule has 1 aliphatic rings.